The highest BCUT2D eigenvalue weighted by Gasteiger charge is 2.50. The summed E-state index contributed by atoms with van der Waals surface area (Å²) in [6, 6.07) is -1.29. The summed E-state index contributed by atoms with van der Waals surface area (Å²) in [5, 5.41) is 70.7. The van der Waals surface area contributed by atoms with Gasteiger partial charge in [-0.3, -0.25) is 4.79 Å². The van der Waals surface area contributed by atoms with Crippen LogP contribution in [-0.4, -0.2) is 116 Å². The summed E-state index contributed by atoms with van der Waals surface area (Å²) >= 11 is 0. The molecule has 2 aliphatic heterocycles. The average Bonchev–Trinajstić information content (AvgIpc) is 2.60. The van der Waals surface area contributed by atoms with Crippen molar-refractivity contribution in [2.24, 2.45) is 0 Å². The molecule has 0 saturated carbocycles. The predicted molar refractivity (Wildman–Crippen MR) is 80.2 cm³/mol. The minimum atomic E-state index is -1.76. The minimum Gasteiger partial charge on any atom is -0.394 e. The Balaban J connectivity index is 2.18. The fourth-order valence-electron chi connectivity index (χ4n) is 2.96. The summed E-state index contributed by atoms with van der Waals surface area (Å²) in [7, 11) is 0. The fourth-order valence-corrected chi connectivity index (χ4v) is 2.96. The number of rotatable bonds is 5. The second-order valence-electron chi connectivity index (χ2n) is 6.26. The van der Waals surface area contributed by atoms with Crippen molar-refractivity contribution in [1.82, 2.24) is 5.32 Å². The number of carbonyl (C=O) groups is 1. The molecule has 26 heavy (non-hydrogen) atoms. The smallest absolute Gasteiger partial charge is 0.217 e. The van der Waals surface area contributed by atoms with E-state index in [9.17, 15) is 35.4 Å². The summed E-state index contributed by atoms with van der Waals surface area (Å²) in [6.07, 6.45) is -13.7. The first-order valence-corrected chi connectivity index (χ1v) is 8.06. The Hall–Kier alpha value is -0.930. The number of ether oxygens (including phenoxy) is 3. The predicted octanol–water partition coefficient (Wildman–Crippen LogP) is -5.25. The van der Waals surface area contributed by atoms with Crippen LogP contribution in [0.1, 0.15) is 6.92 Å². The van der Waals surface area contributed by atoms with Crippen LogP contribution >= 0.6 is 0 Å². The van der Waals surface area contributed by atoms with Crippen molar-refractivity contribution >= 4 is 5.91 Å². The largest absolute Gasteiger partial charge is 0.394 e. The van der Waals surface area contributed by atoms with Gasteiger partial charge in [-0.15, -0.1) is 0 Å². The molecular weight excluding hydrogens is 358 g/mol. The Morgan fingerprint density at radius 1 is 0.923 bits per heavy atom. The van der Waals surface area contributed by atoms with Gasteiger partial charge in [0.2, 0.25) is 5.91 Å². The van der Waals surface area contributed by atoms with E-state index in [1.807, 2.05) is 0 Å². The molecule has 0 aromatic rings. The molecule has 0 unspecified atom stereocenters. The van der Waals surface area contributed by atoms with Gasteiger partial charge in [0.15, 0.2) is 12.6 Å². The van der Waals surface area contributed by atoms with E-state index in [0.717, 1.165) is 6.92 Å². The first kappa shape index (κ1) is 21.4. The van der Waals surface area contributed by atoms with Crippen molar-refractivity contribution in [2.75, 3.05) is 13.2 Å². The first-order chi connectivity index (χ1) is 12.2. The molecule has 12 heteroatoms. The molecule has 0 radical (unpaired) electrons. The lowest BCUT2D eigenvalue weighted by atomic mass is 9.96. The molecule has 152 valence electrons. The van der Waals surface area contributed by atoms with E-state index < -0.39 is 80.5 Å². The monoisotopic (exact) mass is 383 g/mol. The average molecular weight is 383 g/mol. The van der Waals surface area contributed by atoms with Gasteiger partial charge in [0, 0.05) is 6.92 Å². The van der Waals surface area contributed by atoms with Crippen molar-refractivity contribution in [3.63, 3.8) is 0 Å². The fraction of sp³-hybridized carbons (Fsp3) is 0.929. The van der Waals surface area contributed by atoms with Gasteiger partial charge >= 0.3 is 0 Å². The molecule has 0 aliphatic carbocycles. The molecule has 2 aliphatic rings. The quantitative estimate of drug-likeness (QED) is 0.226. The van der Waals surface area contributed by atoms with Crippen molar-refractivity contribution in [1.29, 1.82) is 0 Å². The van der Waals surface area contributed by atoms with Crippen molar-refractivity contribution in [2.45, 2.75) is 68.3 Å². The Morgan fingerprint density at radius 3 is 2.00 bits per heavy atom. The van der Waals surface area contributed by atoms with Crippen LogP contribution in [0.15, 0.2) is 0 Å². The zero-order valence-corrected chi connectivity index (χ0v) is 14.0. The van der Waals surface area contributed by atoms with Crippen molar-refractivity contribution < 1.29 is 54.8 Å². The van der Waals surface area contributed by atoms with Crippen LogP contribution in [0.4, 0.5) is 0 Å². The van der Waals surface area contributed by atoms with E-state index in [0.29, 0.717) is 0 Å². The molecule has 0 aromatic carbocycles. The number of carbonyl (C=O) groups excluding carboxylic acids is 1. The Bertz CT molecular complexity index is 480. The maximum Gasteiger partial charge on any atom is 0.217 e. The van der Waals surface area contributed by atoms with E-state index >= 15 is 0 Å². The highest BCUT2D eigenvalue weighted by atomic mass is 16.7. The normalized spacial score (nSPS) is 46.8. The molecule has 0 bridgehead atoms. The van der Waals surface area contributed by atoms with Crippen LogP contribution in [0.25, 0.3) is 0 Å². The lowest BCUT2D eigenvalue weighted by molar-refractivity contribution is -0.348. The number of amides is 1. The van der Waals surface area contributed by atoms with Crippen molar-refractivity contribution in [3.05, 3.63) is 0 Å². The van der Waals surface area contributed by atoms with E-state index in [-0.39, 0.29) is 0 Å². The molecule has 0 spiro atoms. The molecule has 2 fully saturated rings. The molecule has 2 rings (SSSR count). The SMILES string of the molecule is CC(=O)N[C@H]1[C@@H](O[C@H]2[C@@H](O)[C@H](O)[C@@H](CO)O[C@@H]2O)O[C@H](CO)[C@@H](O)[C@@H]1O. The van der Waals surface area contributed by atoms with Gasteiger partial charge < -0.3 is 55.3 Å². The molecule has 12 nitrogen and oxygen atoms in total. The maximum atomic E-state index is 11.4. The number of aliphatic hydroxyl groups is 7. The lowest BCUT2D eigenvalue weighted by Gasteiger charge is -2.46. The van der Waals surface area contributed by atoms with E-state index in [4.69, 9.17) is 19.3 Å². The summed E-state index contributed by atoms with van der Waals surface area (Å²) in [4.78, 5) is 11.4. The third-order valence-corrected chi connectivity index (χ3v) is 4.38. The van der Waals surface area contributed by atoms with Crippen LogP contribution in [0.5, 0.6) is 0 Å². The van der Waals surface area contributed by atoms with Gasteiger partial charge in [0.25, 0.3) is 0 Å². The van der Waals surface area contributed by atoms with Crippen LogP contribution in [0.2, 0.25) is 0 Å². The van der Waals surface area contributed by atoms with Gasteiger partial charge in [-0.2, -0.15) is 0 Å². The maximum absolute atomic E-state index is 11.4. The summed E-state index contributed by atoms with van der Waals surface area (Å²) in [5.41, 5.74) is 0. The third-order valence-electron chi connectivity index (χ3n) is 4.38. The number of nitrogens with one attached hydrogen (secondary N) is 1. The second kappa shape index (κ2) is 8.84. The highest BCUT2D eigenvalue weighted by molar-refractivity contribution is 5.73. The molecule has 2 heterocycles. The molecule has 8 N–H and O–H groups in total. The van der Waals surface area contributed by atoms with Crippen LogP contribution in [0, 0.1) is 0 Å². The summed E-state index contributed by atoms with van der Waals surface area (Å²) in [6.45, 7) is -0.183. The van der Waals surface area contributed by atoms with Gasteiger partial charge in [-0.25, -0.2) is 0 Å². The van der Waals surface area contributed by atoms with Gasteiger partial charge in [-0.1, -0.05) is 0 Å². The van der Waals surface area contributed by atoms with Gasteiger partial charge in [0.1, 0.15) is 48.8 Å². The van der Waals surface area contributed by atoms with Crippen LogP contribution in [0.3, 0.4) is 0 Å². The minimum absolute atomic E-state index is 0.581. The third kappa shape index (κ3) is 4.31. The van der Waals surface area contributed by atoms with Crippen LogP contribution in [-0.2, 0) is 19.0 Å². The van der Waals surface area contributed by atoms with Gasteiger partial charge in [-0.05, 0) is 0 Å². The Morgan fingerprint density at radius 2 is 1.46 bits per heavy atom. The highest BCUT2D eigenvalue weighted by Crippen LogP contribution is 2.28. The zero-order chi connectivity index (χ0) is 19.6. The molecule has 2 saturated heterocycles. The molecule has 1 amide bonds. The van der Waals surface area contributed by atoms with Crippen LogP contribution < -0.4 is 5.32 Å². The summed E-state index contributed by atoms with van der Waals surface area (Å²) < 4.78 is 15.7. The Labute approximate surface area is 148 Å². The summed E-state index contributed by atoms with van der Waals surface area (Å²) in [5.74, 6) is -0.581. The standard InChI is InChI=1S/C14H25NO11/c1-4(18)15-7-10(21)8(19)6(3-17)25-14(7)26-12-11(22)9(20)5(2-16)24-13(12)23/h5-14,16-17,19-23H,2-3H2,1H3,(H,15,18)/t5-,6-,7-,8-,9-,10-,11+,12+,13+,14-/m1/s1. The molecule has 10 atom stereocenters. The zero-order valence-electron chi connectivity index (χ0n) is 14.0. The first-order valence-electron chi connectivity index (χ1n) is 8.06. The van der Waals surface area contributed by atoms with Gasteiger partial charge in [0.05, 0.1) is 13.2 Å². The van der Waals surface area contributed by atoms with Crippen molar-refractivity contribution in [3.8, 4) is 0 Å². The topological polar surface area (TPSA) is 198 Å². The second-order valence-corrected chi connectivity index (χ2v) is 6.26. The van der Waals surface area contributed by atoms with E-state index in [2.05, 4.69) is 5.32 Å². The molecular formula is C14H25NO11. The number of hydrogen-bond acceptors (Lipinski definition) is 11. The number of aliphatic hydroxyl groups excluding tert-OH is 7. The molecule has 0 aromatic heterocycles. The van der Waals surface area contributed by atoms with E-state index in [1.54, 1.807) is 0 Å². The number of hydrogen-bond donors (Lipinski definition) is 8. The lowest BCUT2D eigenvalue weighted by Crippen LogP contribution is -2.67. The Kier molecular flexibility index (Phi) is 7.27. The van der Waals surface area contributed by atoms with E-state index in [1.165, 1.54) is 0 Å².